The lowest BCUT2D eigenvalue weighted by Gasteiger charge is -2.05. The van der Waals surface area contributed by atoms with Crippen LogP contribution in [0.3, 0.4) is 0 Å². The number of halogens is 3. The molecule has 0 fully saturated rings. The Morgan fingerprint density at radius 3 is 2.69 bits per heavy atom. The second kappa shape index (κ2) is 3.80. The molecule has 0 radical (unpaired) electrons. The Hall–Kier alpha value is -1.53. The third kappa shape index (κ3) is 1.89. The van der Waals surface area contributed by atoms with Crippen LogP contribution in [0.25, 0.3) is 11.0 Å². The van der Waals surface area contributed by atoms with Crippen LogP contribution in [0.2, 0.25) is 0 Å². The largest absolute Gasteiger partial charge is 0.464 e. The van der Waals surface area contributed by atoms with Crippen molar-refractivity contribution in [2.24, 2.45) is 5.90 Å². The van der Waals surface area contributed by atoms with Crippen molar-refractivity contribution in [1.29, 1.82) is 0 Å². The molecular formula is C10H8F3NO2. The highest BCUT2D eigenvalue weighted by atomic mass is 19.4. The standard InChI is InChI=1S/C10H8F3NO2/c11-10(12,13)7-1-2-8-6(5-16-14)4-15-9(8)3-7/h1-4H,5,14H2. The third-order valence-electron chi connectivity index (χ3n) is 2.22. The minimum absolute atomic E-state index is 0.0956. The smallest absolute Gasteiger partial charge is 0.416 e. The number of furan rings is 1. The quantitative estimate of drug-likeness (QED) is 0.808. The second-order valence-electron chi connectivity index (χ2n) is 3.28. The van der Waals surface area contributed by atoms with Crippen molar-refractivity contribution in [3.63, 3.8) is 0 Å². The first kappa shape index (κ1) is 11.0. The van der Waals surface area contributed by atoms with E-state index in [2.05, 4.69) is 4.84 Å². The highest BCUT2D eigenvalue weighted by Crippen LogP contribution is 2.32. The summed E-state index contributed by atoms with van der Waals surface area (Å²) in [5, 5.41) is 0.568. The summed E-state index contributed by atoms with van der Waals surface area (Å²) in [5.74, 6) is 4.89. The SMILES string of the molecule is NOCc1coc2cc(C(F)(F)F)ccc12. The molecule has 1 aromatic heterocycles. The van der Waals surface area contributed by atoms with Crippen molar-refractivity contribution >= 4 is 11.0 Å². The average Bonchev–Trinajstić information content (AvgIpc) is 2.60. The number of hydrogen-bond donors (Lipinski definition) is 1. The van der Waals surface area contributed by atoms with Crippen molar-refractivity contribution in [3.05, 3.63) is 35.6 Å². The molecule has 0 saturated heterocycles. The summed E-state index contributed by atoms with van der Waals surface area (Å²) in [6.45, 7) is 0.0956. The first-order chi connectivity index (χ1) is 7.52. The maximum atomic E-state index is 12.4. The molecule has 3 nitrogen and oxygen atoms in total. The molecule has 0 saturated carbocycles. The van der Waals surface area contributed by atoms with E-state index >= 15 is 0 Å². The van der Waals surface area contributed by atoms with E-state index in [4.69, 9.17) is 10.3 Å². The number of alkyl halides is 3. The predicted octanol–water partition coefficient (Wildman–Crippen LogP) is 2.84. The molecule has 0 atom stereocenters. The van der Waals surface area contributed by atoms with Crippen LogP contribution < -0.4 is 5.90 Å². The number of hydrogen-bond acceptors (Lipinski definition) is 3. The summed E-state index contributed by atoms with van der Waals surface area (Å²) in [6, 6.07) is 3.29. The fourth-order valence-electron chi connectivity index (χ4n) is 1.46. The first-order valence-corrected chi connectivity index (χ1v) is 4.41. The molecule has 1 aromatic carbocycles. The van der Waals surface area contributed by atoms with Crippen LogP contribution >= 0.6 is 0 Å². The van der Waals surface area contributed by atoms with Gasteiger partial charge in [0.05, 0.1) is 18.4 Å². The lowest BCUT2D eigenvalue weighted by atomic mass is 10.1. The van der Waals surface area contributed by atoms with Crippen LogP contribution in [0.1, 0.15) is 11.1 Å². The van der Waals surface area contributed by atoms with Gasteiger partial charge in [-0.3, -0.25) is 4.84 Å². The zero-order valence-corrected chi connectivity index (χ0v) is 8.04. The molecule has 0 spiro atoms. The molecule has 1 heterocycles. The van der Waals surface area contributed by atoms with E-state index in [0.717, 1.165) is 12.1 Å². The number of rotatable bonds is 2. The molecule has 6 heteroatoms. The van der Waals surface area contributed by atoms with Crippen molar-refractivity contribution in [3.8, 4) is 0 Å². The Morgan fingerprint density at radius 1 is 1.31 bits per heavy atom. The fraction of sp³-hybridized carbons (Fsp3) is 0.200. The molecule has 0 amide bonds. The molecule has 0 aliphatic heterocycles. The molecule has 86 valence electrons. The van der Waals surface area contributed by atoms with E-state index in [9.17, 15) is 13.2 Å². The zero-order valence-electron chi connectivity index (χ0n) is 8.04. The van der Waals surface area contributed by atoms with Gasteiger partial charge in [0.25, 0.3) is 0 Å². The molecule has 0 aliphatic rings. The summed E-state index contributed by atoms with van der Waals surface area (Å²) in [5.41, 5.74) is 0.0441. The summed E-state index contributed by atoms with van der Waals surface area (Å²) in [7, 11) is 0. The summed E-state index contributed by atoms with van der Waals surface area (Å²) in [6.07, 6.45) is -3.04. The highest BCUT2D eigenvalue weighted by molar-refractivity contribution is 5.81. The second-order valence-corrected chi connectivity index (χ2v) is 3.28. The highest BCUT2D eigenvalue weighted by Gasteiger charge is 2.30. The Labute approximate surface area is 88.5 Å². The molecule has 2 aromatic rings. The summed E-state index contributed by atoms with van der Waals surface area (Å²) < 4.78 is 42.2. The van der Waals surface area contributed by atoms with Crippen molar-refractivity contribution in [1.82, 2.24) is 0 Å². The molecule has 0 unspecified atom stereocenters. The van der Waals surface area contributed by atoms with Gasteiger partial charge in [0.2, 0.25) is 0 Å². The zero-order chi connectivity index (χ0) is 11.8. The summed E-state index contributed by atoms with van der Waals surface area (Å²) >= 11 is 0. The van der Waals surface area contributed by atoms with Crippen LogP contribution in [-0.2, 0) is 17.6 Å². The lowest BCUT2D eigenvalue weighted by Crippen LogP contribution is -2.04. The minimum atomic E-state index is -4.37. The Bertz CT molecular complexity index is 504. The van der Waals surface area contributed by atoms with Gasteiger partial charge in [0.15, 0.2) is 0 Å². The van der Waals surface area contributed by atoms with Gasteiger partial charge in [-0.2, -0.15) is 13.2 Å². The molecule has 16 heavy (non-hydrogen) atoms. The predicted molar refractivity (Wildman–Crippen MR) is 50.2 cm³/mol. The Kier molecular flexibility index (Phi) is 2.61. The Morgan fingerprint density at radius 2 is 2.06 bits per heavy atom. The van der Waals surface area contributed by atoms with Crippen LogP contribution in [0.5, 0.6) is 0 Å². The van der Waals surface area contributed by atoms with Gasteiger partial charge in [-0.05, 0) is 12.1 Å². The van der Waals surface area contributed by atoms with Crippen molar-refractivity contribution < 1.29 is 22.4 Å². The Balaban J connectivity index is 2.49. The van der Waals surface area contributed by atoms with Gasteiger partial charge in [-0.15, -0.1) is 0 Å². The van der Waals surface area contributed by atoms with Crippen LogP contribution in [0.4, 0.5) is 13.2 Å². The van der Waals surface area contributed by atoms with Gasteiger partial charge in [0, 0.05) is 10.9 Å². The molecular weight excluding hydrogens is 223 g/mol. The maximum absolute atomic E-state index is 12.4. The third-order valence-corrected chi connectivity index (χ3v) is 2.22. The number of fused-ring (bicyclic) bond motifs is 1. The van der Waals surface area contributed by atoms with E-state index in [1.54, 1.807) is 0 Å². The number of nitrogens with two attached hydrogens (primary N) is 1. The van der Waals surface area contributed by atoms with Crippen LogP contribution in [0, 0.1) is 0 Å². The maximum Gasteiger partial charge on any atom is 0.416 e. The van der Waals surface area contributed by atoms with E-state index in [0.29, 0.717) is 10.9 Å². The van der Waals surface area contributed by atoms with E-state index in [1.807, 2.05) is 0 Å². The number of benzene rings is 1. The fourth-order valence-corrected chi connectivity index (χ4v) is 1.46. The topological polar surface area (TPSA) is 48.4 Å². The van der Waals surface area contributed by atoms with E-state index in [-0.39, 0.29) is 12.2 Å². The van der Waals surface area contributed by atoms with Gasteiger partial charge in [-0.25, -0.2) is 5.90 Å². The lowest BCUT2D eigenvalue weighted by molar-refractivity contribution is -0.137. The normalized spacial score (nSPS) is 12.2. The summed E-state index contributed by atoms with van der Waals surface area (Å²) in [4.78, 5) is 4.41. The minimum Gasteiger partial charge on any atom is -0.464 e. The van der Waals surface area contributed by atoms with Crippen molar-refractivity contribution in [2.45, 2.75) is 12.8 Å². The van der Waals surface area contributed by atoms with E-state index in [1.165, 1.54) is 12.3 Å². The van der Waals surface area contributed by atoms with Gasteiger partial charge in [-0.1, -0.05) is 6.07 Å². The van der Waals surface area contributed by atoms with Gasteiger partial charge >= 0.3 is 6.18 Å². The van der Waals surface area contributed by atoms with Crippen molar-refractivity contribution in [2.75, 3.05) is 0 Å². The molecule has 2 rings (SSSR count). The molecule has 2 N–H and O–H groups in total. The monoisotopic (exact) mass is 231 g/mol. The van der Waals surface area contributed by atoms with Crippen LogP contribution in [0.15, 0.2) is 28.9 Å². The molecule has 0 bridgehead atoms. The van der Waals surface area contributed by atoms with Gasteiger partial charge < -0.3 is 4.42 Å². The van der Waals surface area contributed by atoms with E-state index < -0.39 is 11.7 Å². The average molecular weight is 231 g/mol. The van der Waals surface area contributed by atoms with Gasteiger partial charge in [0.1, 0.15) is 5.58 Å². The first-order valence-electron chi connectivity index (χ1n) is 4.41. The molecule has 0 aliphatic carbocycles. The van der Waals surface area contributed by atoms with Crippen LogP contribution in [-0.4, -0.2) is 0 Å².